The van der Waals surface area contributed by atoms with Gasteiger partial charge in [-0.2, -0.15) is 0 Å². The van der Waals surface area contributed by atoms with E-state index in [0.717, 1.165) is 30.9 Å². The summed E-state index contributed by atoms with van der Waals surface area (Å²) in [6.45, 7) is 3.81. The van der Waals surface area contributed by atoms with E-state index < -0.39 is 5.60 Å². The first-order chi connectivity index (χ1) is 7.61. The van der Waals surface area contributed by atoms with Crippen molar-refractivity contribution in [2.45, 2.75) is 31.9 Å². The first-order valence-electron chi connectivity index (χ1n) is 5.59. The van der Waals surface area contributed by atoms with E-state index in [0.29, 0.717) is 13.1 Å². The van der Waals surface area contributed by atoms with Crippen molar-refractivity contribution in [2.75, 3.05) is 18.0 Å². The summed E-state index contributed by atoms with van der Waals surface area (Å²) in [5, 5.41) is 10.00. The van der Waals surface area contributed by atoms with Gasteiger partial charge < -0.3 is 15.7 Å². The van der Waals surface area contributed by atoms with E-state index >= 15 is 0 Å². The van der Waals surface area contributed by atoms with Gasteiger partial charge in [0.25, 0.3) is 0 Å². The smallest absolute Gasteiger partial charge is 0.147 e. The van der Waals surface area contributed by atoms with Crippen LogP contribution in [0.2, 0.25) is 0 Å². The maximum Gasteiger partial charge on any atom is 0.147 e. The monoisotopic (exact) mass is 222 g/mol. The molecule has 1 aliphatic rings. The van der Waals surface area contributed by atoms with Gasteiger partial charge in [0.1, 0.15) is 5.82 Å². The lowest BCUT2D eigenvalue weighted by atomic mass is 9.95. The Bertz CT molecular complexity index is 350. The zero-order chi connectivity index (χ0) is 11.6. The van der Waals surface area contributed by atoms with Crippen molar-refractivity contribution in [3.05, 3.63) is 18.1 Å². The molecule has 0 aromatic carbocycles. The molecule has 2 heterocycles. The topological polar surface area (TPSA) is 75.3 Å². The maximum absolute atomic E-state index is 10.00. The Balaban J connectivity index is 2.11. The number of hydrogen-bond donors (Lipinski definition) is 2. The van der Waals surface area contributed by atoms with Crippen molar-refractivity contribution in [3.63, 3.8) is 0 Å². The zero-order valence-electron chi connectivity index (χ0n) is 9.56. The Morgan fingerprint density at radius 1 is 1.50 bits per heavy atom. The third-order valence-electron chi connectivity index (χ3n) is 2.90. The molecule has 5 heteroatoms. The number of piperidine rings is 1. The molecule has 1 aliphatic heterocycles. The SMILES string of the molecule is CC1(O)CCCN(c2cnc(CN)cn2)C1. The fourth-order valence-corrected chi connectivity index (χ4v) is 2.03. The van der Waals surface area contributed by atoms with Crippen molar-refractivity contribution in [3.8, 4) is 0 Å². The van der Waals surface area contributed by atoms with Crippen molar-refractivity contribution < 1.29 is 5.11 Å². The number of hydrogen-bond acceptors (Lipinski definition) is 5. The van der Waals surface area contributed by atoms with Gasteiger partial charge in [0.2, 0.25) is 0 Å². The van der Waals surface area contributed by atoms with Gasteiger partial charge in [0, 0.05) is 19.6 Å². The van der Waals surface area contributed by atoms with Crippen LogP contribution in [0.25, 0.3) is 0 Å². The van der Waals surface area contributed by atoms with E-state index in [1.807, 2.05) is 6.92 Å². The average Bonchev–Trinajstić information content (AvgIpc) is 2.28. The lowest BCUT2D eigenvalue weighted by Gasteiger charge is -2.37. The van der Waals surface area contributed by atoms with Crippen molar-refractivity contribution >= 4 is 5.82 Å². The van der Waals surface area contributed by atoms with E-state index in [2.05, 4.69) is 14.9 Å². The number of nitrogens with zero attached hydrogens (tertiary/aromatic N) is 3. The van der Waals surface area contributed by atoms with Gasteiger partial charge >= 0.3 is 0 Å². The van der Waals surface area contributed by atoms with E-state index in [1.54, 1.807) is 12.4 Å². The van der Waals surface area contributed by atoms with Crippen LogP contribution in [-0.2, 0) is 6.54 Å². The molecule has 88 valence electrons. The second kappa shape index (κ2) is 4.35. The van der Waals surface area contributed by atoms with Crippen LogP contribution < -0.4 is 10.6 Å². The molecule has 1 unspecified atom stereocenters. The minimum atomic E-state index is -0.619. The van der Waals surface area contributed by atoms with Crippen molar-refractivity contribution in [2.24, 2.45) is 5.73 Å². The van der Waals surface area contributed by atoms with E-state index in [1.165, 1.54) is 0 Å². The highest BCUT2D eigenvalue weighted by Crippen LogP contribution is 2.23. The first kappa shape index (κ1) is 11.3. The highest BCUT2D eigenvalue weighted by atomic mass is 16.3. The third-order valence-corrected chi connectivity index (χ3v) is 2.90. The quantitative estimate of drug-likeness (QED) is 0.752. The Kier molecular flexibility index (Phi) is 3.07. The van der Waals surface area contributed by atoms with Crippen LogP contribution in [0.15, 0.2) is 12.4 Å². The predicted octanol–water partition coefficient (Wildman–Crippen LogP) is 0.286. The Labute approximate surface area is 95.3 Å². The molecule has 0 radical (unpaired) electrons. The second-order valence-corrected chi connectivity index (χ2v) is 4.59. The number of aromatic nitrogens is 2. The molecule has 16 heavy (non-hydrogen) atoms. The van der Waals surface area contributed by atoms with Crippen LogP contribution in [-0.4, -0.2) is 33.8 Å². The van der Waals surface area contributed by atoms with Gasteiger partial charge in [0.15, 0.2) is 0 Å². The number of β-amino-alcohol motifs (C(OH)–C–C–N with tert-alkyl or cyclic N) is 1. The van der Waals surface area contributed by atoms with Crippen LogP contribution in [0.1, 0.15) is 25.5 Å². The first-order valence-corrected chi connectivity index (χ1v) is 5.59. The van der Waals surface area contributed by atoms with Crippen LogP contribution in [0, 0.1) is 0 Å². The summed E-state index contributed by atoms with van der Waals surface area (Å²) < 4.78 is 0. The molecule has 0 spiro atoms. The number of aliphatic hydroxyl groups is 1. The Hall–Kier alpha value is -1.20. The third kappa shape index (κ3) is 2.48. The summed E-state index contributed by atoms with van der Waals surface area (Å²) in [4.78, 5) is 10.6. The average molecular weight is 222 g/mol. The number of nitrogens with two attached hydrogens (primary N) is 1. The van der Waals surface area contributed by atoms with E-state index in [-0.39, 0.29) is 0 Å². The van der Waals surface area contributed by atoms with Crippen LogP contribution in [0.5, 0.6) is 0 Å². The van der Waals surface area contributed by atoms with Gasteiger partial charge in [-0.1, -0.05) is 0 Å². The summed E-state index contributed by atoms with van der Waals surface area (Å²) in [5.41, 5.74) is 5.63. The minimum Gasteiger partial charge on any atom is -0.388 e. The Morgan fingerprint density at radius 3 is 2.88 bits per heavy atom. The highest BCUT2D eigenvalue weighted by Gasteiger charge is 2.28. The second-order valence-electron chi connectivity index (χ2n) is 4.59. The maximum atomic E-state index is 10.00. The van der Waals surface area contributed by atoms with E-state index in [4.69, 9.17) is 5.73 Å². The molecule has 5 nitrogen and oxygen atoms in total. The van der Waals surface area contributed by atoms with Gasteiger partial charge in [-0.25, -0.2) is 4.98 Å². The molecular weight excluding hydrogens is 204 g/mol. The predicted molar refractivity (Wildman–Crippen MR) is 62.0 cm³/mol. The lowest BCUT2D eigenvalue weighted by molar-refractivity contribution is 0.0447. The summed E-state index contributed by atoms with van der Waals surface area (Å²) in [6.07, 6.45) is 5.24. The molecular formula is C11H18N4O. The molecule has 1 fully saturated rings. The normalized spacial score (nSPS) is 25.8. The molecule has 1 aromatic heterocycles. The molecule has 2 rings (SSSR count). The molecule has 0 aliphatic carbocycles. The summed E-state index contributed by atoms with van der Waals surface area (Å²) in [5.74, 6) is 0.817. The highest BCUT2D eigenvalue weighted by molar-refractivity contribution is 5.37. The molecule has 1 atom stereocenters. The van der Waals surface area contributed by atoms with E-state index in [9.17, 15) is 5.11 Å². The Morgan fingerprint density at radius 2 is 2.31 bits per heavy atom. The summed E-state index contributed by atoms with van der Waals surface area (Å²) >= 11 is 0. The van der Waals surface area contributed by atoms with Crippen molar-refractivity contribution in [1.29, 1.82) is 0 Å². The molecule has 0 amide bonds. The lowest BCUT2D eigenvalue weighted by Crippen LogP contribution is -2.46. The number of anilines is 1. The molecule has 1 aromatic rings. The van der Waals surface area contributed by atoms with Gasteiger partial charge in [-0.05, 0) is 19.8 Å². The zero-order valence-corrected chi connectivity index (χ0v) is 9.56. The van der Waals surface area contributed by atoms with Gasteiger partial charge in [0.05, 0.1) is 23.7 Å². The molecule has 3 N–H and O–H groups in total. The molecule has 0 saturated carbocycles. The minimum absolute atomic E-state index is 0.408. The fourth-order valence-electron chi connectivity index (χ4n) is 2.03. The molecule has 0 bridgehead atoms. The largest absolute Gasteiger partial charge is 0.388 e. The van der Waals surface area contributed by atoms with Crippen LogP contribution >= 0.6 is 0 Å². The number of rotatable bonds is 2. The summed E-state index contributed by atoms with van der Waals surface area (Å²) in [7, 11) is 0. The molecule has 1 saturated heterocycles. The van der Waals surface area contributed by atoms with Crippen molar-refractivity contribution in [1.82, 2.24) is 9.97 Å². The van der Waals surface area contributed by atoms with Crippen LogP contribution in [0.4, 0.5) is 5.82 Å². The van der Waals surface area contributed by atoms with Crippen LogP contribution in [0.3, 0.4) is 0 Å². The fraction of sp³-hybridized carbons (Fsp3) is 0.636. The summed E-state index contributed by atoms with van der Waals surface area (Å²) in [6, 6.07) is 0. The van der Waals surface area contributed by atoms with Gasteiger partial charge in [-0.15, -0.1) is 0 Å². The standard InChI is InChI=1S/C11H18N4O/c1-11(16)3-2-4-15(8-11)10-7-13-9(5-12)6-14-10/h6-7,16H,2-5,8,12H2,1H3. The van der Waals surface area contributed by atoms with Gasteiger partial charge in [-0.3, -0.25) is 4.98 Å².